The van der Waals surface area contributed by atoms with E-state index in [1.165, 1.54) is 0 Å². The van der Waals surface area contributed by atoms with E-state index in [1.54, 1.807) is 20.8 Å². The van der Waals surface area contributed by atoms with E-state index in [0.717, 1.165) is 25.7 Å². The van der Waals surface area contributed by atoms with Crippen molar-refractivity contribution in [2.24, 2.45) is 5.92 Å². The molecule has 1 rings (SSSR count). The number of carbonyl (C=O) groups is 2. The van der Waals surface area contributed by atoms with Gasteiger partial charge in [0.25, 0.3) is 0 Å². The van der Waals surface area contributed by atoms with Crippen molar-refractivity contribution in [3.8, 4) is 0 Å². The Morgan fingerprint density at radius 1 is 1.37 bits per heavy atom. The minimum Gasteiger partial charge on any atom is -0.479 e. The number of carbonyl (C=O) groups excluding carboxylic acids is 1. The SMILES string of the molecule is CC[C@@H]1CCCC[C@]1(NC(=O)OC(C)(C)C)C(=O)O. The molecule has 1 saturated carbocycles. The number of ether oxygens (including phenoxy) is 1. The lowest BCUT2D eigenvalue weighted by Crippen LogP contribution is -2.61. The fourth-order valence-corrected chi connectivity index (χ4v) is 2.78. The lowest BCUT2D eigenvalue weighted by Gasteiger charge is -2.41. The number of hydrogen-bond donors (Lipinski definition) is 2. The first-order valence-corrected chi connectivity index (χ1v) is 6.96. The van der Waals surface area contributed by atoms with Crippen LogP contribution in [0.1, 0.15) is 59.8 Å². The minimum absolute atomic E-state index is 0.0359. The second-order valence-electron chi connectivity index (χ2n) is 6.25. The highest BCUT2D eigenvalue weighted by molar-refractivity contribution is 5.85. The Kier molecular flexibility index (Phi) is 4.82. The van der Waals surface area contributed by atoms with Crippen LogP contribution >= 0.6 is 0 Å². The molecule has 2 N–H and O–H groups in total. The average molecular weight is 271 g/mol. The number of alkyl carbamates (subject to hydrolysis) is 1. The highest BCUT2D eigenvalue weighted by Crippen LogP contribution is 2.36. The third-order valence-electron chi connectivity index (χ3n) is 3.67. The van der Waals surface area contributed by atoms with Gasteiger partial charge >= 0.3 is 12.1 Å². The molecule has 0 bridgehead atoms. The molecule has 0 aromatic rings. The van der Waals surface area contributed by atoms with Gasteiger partial charge in [-0.2, -0.15) is 0 Å². The number of aliphatic carboxylic acids is 1. The van der Waals surface area contributed by atoms with Crippen LogP contribution in [0, 0.1) is 5.92 Å². The summed E-state index contributed by atoms with van der Waals surface area (Å²) in [4.78, 5) is 23.6. The summed E-state index contributed by atoms with van der Waals surface area (Å²) in [5, 5.41) is 12.2. The van der Waals surface area contributed by atoms with Crippen molar-refractivity contribution in [1.82, 2.24) is 5.32 Å². The van der Waals surface area contributed by atoms with Crippen molar-refractivity contribution < 1.29 is 19.4 Å². The van der Waals surface area contributed by atoms with Gasteiger partial charge in [0.15, 0.2) is 0 Å². The zero-order chi connectivity index (χ0) is 14.7. The van der Waals surface area contributed by atoms with Crippen LogP contribution in [0.4, 0.5) is 4.79 Å². The average Bonchev–Trinajstić information content (AvgIpc) is 2.26. The number of carboxylic acids is 1. The lowest BCUT2D eigenvalue weighted by molar-refractivity contribution is -0.149. The summed E-state index contributed by atoms with van der Waals surface area (Å²) in [5.74, 6) is -0.990. The summed E-state index contributed by atoms with van der Waals surface area (Å²) >= 11 is 0. The summed E-state index contributed by atoms with van der Waals surface area (Å²) in [5.41, 5.74) is -1.80. The van der Waals surface area contributed by atoms with Gasteiger partial charge in [-0.1, -0.05) is 26.2 Å². The van der Waals surface area contributed by atoms with Crippen LogP contribution in [0.3, 0.4) is 0 Å². The van der Waals surface area contributed by atoms with E-state index < -0.39 is 23.2 Å². The molecule has 1 fully saturated rings. The van der Waals surface area contributed by atoms with E-state index in [1.807, 2.05) is 6.92 Å². The molecule has 0 heterocycles. The number of hydrogen-bond acceptors (Lipinski definition) is 3. The standard InChI is InChI=1S/C14H25NO4/c1-5-10-8-6-7-9-14(10,11(16)17)15-12(18)19-13(2,3)4/h10H,5-9H2,1-4H3,(H,15,18)(H,16,17)/t10-,14-/m1/s1. The number of amides is 1. The Labute approximate surface area is 114 Å². The van der Waals surface area contributed by atoms with Gasteiger partial charge in [0.05, 0.1) is 0 Å². The van der Waals surface area contributed by atoms with Gasteiger partial charge in [0.2, 0.25) is 0 Å². The van der Waals surface area contributed by atoms with E-state index in [9.17, 15) is 14.7 Å². The number of carboxylic acid groups (broad SMARTS) is 1. The van der Waals surface area contributed by atoms with Gasteiger partial charge in [-0.15, -0.1) is 0 Å². The molecule has 0 unspecified atom stereocenters. The van der Waals surface area contributed by atoms with E-state index in [-0.39, 0.29) is 5.92 Å². The maximum absolute atomic E-state index is 11.9. The van der Waals surface area contributed by atoms with E-state index in [0.29, 0.717) is 6.42 Å². The zero-order valence-corrected chi connectivity index (χ0v) is 12.3. The van der Waals surface area contributed by atoms with Gasteiger partial charge in [0.1, 0.15) is 11.1 Å². The first kappa shape index (κ1) is 15.8. The smallest absolute Gasteiger partial charge is 0.408 e. The molecule has 0 spiro atoms. The monoisotopic (exact) mass is 271 g/mol. The highest BCUT2D eigenvalue weighted by atomic mass is 16.6. The van der Waals surface area contributed by atoms with Crippen LogP contribution in [-0.4, -0.2) is 28.3 Å². The minimum atomic E-state index is -1.17. The highest BCUT2D eigenvalue weighted by Gasteiger charge is 2.48. The molecule has 1 aliphatic rings. The molecule has 19 heavy (non-hydrogen) atoms. The third kappa shape index (κ3) is 3.85. The van der Waals surface area contributed by atoms with Crippen molar-refractivity contribution in [2.45, 2.75) is 70.9 Å². The summed E-state index contributed by atoms with van der Waals surface area (Å²) in [6.45, 7) is 7.25. The predicted molar refractivity (Wildman–Crippen MR) is 72.0 cm³/mol. The van der Waals surface area contributed by atoms with Crippen LogP contribution in [-0.2, 0) is 9.53 Å². The van der Waals surface area contributed by atoms with E-state index in [2.05, 4.69) is 5.32 Å². The Morgan fingerprint density at radius 3 is 2.47 bits per heavy atom. The van der Waals surface area contributed by atoms with Crippen molar-refractivity contribution in [2.75, 3.05) is 0 Å². The Bertz CT molecular complexity index is 348. The van der Waals surface area contributed by atoms with Crippen LogP contribution in [0.2, 0.25) is 0 Å². The summed E-state index contributed by atoms with van der Waals surface area (Å²) in [7, 11) is 0. The molecule has 5 nitrogen and oxygen atoms in total. The Balaban J connectivity index is 2.87. The Hall–Kier alpha value is -1.26. The van der Waals surface area contributed by atoms with Crippen molar-refractivity contribution in [3.63, 3.8) is 0 Å². The van der Waals surface area contributed by atoms with Crippen LogP contribution in [0.5, 0.6) is 0 Å². The third-order valence-corrected chi connectivity index (χ3v) is 3.67. The van der Waals surface area contributed by atoms with Crippen LogP contribution in [0.15, 0.2) is 0 Å². The van der Waals surface area contributed by atoms with Crippen molar-refractivity contribution in [1.29, 1.82) is 0 Å². The predicted octanol–water partition coefficient (Wildman–Crippen LogP) is 2.93. The molecule has 0 radical (unpaired) electrons. The van der Waals surface area contributed by atoms with Gasteiger partial charge in [-0.05, 0) is 39.5 Å². The molecular formula is C14H25NO4. The summed E-state index contributed by atoms with van der Waals surface area (Å²) < 4.78 is 5.20. The molecule has 2 atom stereocenters. The second kappa shape index (κ2) is 5.80. The van der Waals surface area contributed by atoms with Crippen LogP contribution < -0.4 is 5.32 Å². The zero-order valence-electron chi connectivity index (χ0n) is 12.3. The molecule has 1 aliphatic carbocycles. The molecule has 0 aromatic carbocycles. The van der Waals surface area contributed by atoms with Gasteiger partial charge < -0.3 is 15.2 Å². The molecule has 0 saturated heterocycles. The molecule has 110 valence electrons. The molecule has 0 aromatic heterocycles. The summed E-state index contributed by atoms with van der Waals surface area (Å²) in [6, 6.07) is 0. The van der Waals surface area contributed by atoms with Crippen LogP contribution in [0.25, 0.3) is 0 Å². The van der Waals surface area contributed by atoms with Gasteiger partial charge in [-0.25, -0.2) is 9.59 Å². The topological polar surface area (TPSA) is 75.6 Å². The second-order valence-corrected chi connectivity index (χ2v) is 6.25. The fraction of sp³-hybridized carbons (Fsp3) is 0.857. The molecular weight excluding hydrogens is 246 g/mol. The van der Waals surface area contributed by atoms with Crippen molar-refractivity contribution >= 4 is 12.1 Å². The molecule has 5 heteroatoms. The van der Waals surface area contributed by atoms with E-state index >= 15 is 0 Å². The quantitative estimate of drug-likeness (QED) is 0.827. The van der Waals surface area contributed by atoms with Crippen molar-refractivity contribution in [3.05, 3.63) is 0 Å². The van der Waals surface area contributed by atoms with Gasteiger partial charge in [0, 0.05) is 0 Å². The maximum atomic E-state index is 11.9. The number of rotatable bonds is 3. The molecule has 0 aliphatic heterocycles. The maximum Gasteiger partial charge on any atom is 0.408 e. The normalized spacial score (nSPS) is 27.7. The largest absolute Gasteiger partial charge is 0.479 e. The van der Waals surface area contributed by atoms with E-state index in [4.69, 9.17) is 4.74 Å². The molecule has 1 amide bonds. The Morgan fingerprint density at radius 2 is 2.00 bits per heavy atom. The summed E-state index contributed by atoms with van der Waals surface area (Å²) in [6.07, 6.45) is 3.23. The lowest BCUT2D eigenvalue weighted by atomic mass is 9.71. The van der Waals surface area contributed by atoms with Gasteiger partial charge in [-0.3, -0.25) is 0 Å². The first-order valence-electron chi connectivity index (χ1n) is 6.96. The number of nitrogens with one attached hydrogen (secondary N) is 1. The first-order chi connectivity index (χ1) is 8.71. The fourth-order valence-electron chi connectivity index (χ4n) is 2.78.